The van der Waals surface area contributed by atoms with Crippen molar-refractivity contribution in [3.63, 3.8) is 0 Å². The summed E-state index contributed by atoms with van der Waals surface area (Å²) in [6.07, 6.45) is -2.57. The van der Waals surface area contributed by atoms with E-state index in [0.717, 1.165) is 0 Å². The van der Waals surface area contributed by atoms with Crippen molar-refractivity contribution in [2.45, 2.75) is 24.4 Å². The first-order valence-corrected chi connectivity index (χ1v) is 6.74. The van der Waals surface area contributed by atoms with Crippen LogP contribution in [0.15, 0.2) is 18.3 Å². The van der Waals surface area contributed by atoms with Crippen LogP contribution < -0.4 is 0 Å². The molecule has 3 heterocycles. The first kappa shape index (κ1) is 14.1. The van der Waals surface area contributed by atoms with E-state index in [0.29, 0.717) is 16.4 Å². The smallest absolute Gasteiger partial charge is 0.148 e. The summed E-state index contributed by atoms with van der Waals surface area (Å²) >= 11 is 12.0. The first-order valence-electron chi connectivity index (χ1n) is 5.98. The number of nitrogens with zero attached hydrogens (tertiary/aromatic N) is 2. The minimum Gasteiger partial charge on any atom is -0.394 e. The van der Waals surface area contributed by atoms with E-state index in [9.17, 15) is 10.2 Å². The van der Waals surface area contributed by atoms with Crippen LogP contribution in [0.2, 0.25) is 10.2 Å². The number of hydrogen-bond acceptors (Lipinski definition) is 5. The van der Waals surface area contributed by atoms with E-state index in [1.54, 1.807) is 22.7 Å². The van der Waals surface area contributed by atoms with Gasteiger partial charge in [0.2, 0.25) is 0 Å². The van der Waals surface area contributed by atoms with E-state index in [1.165, 1.54) is 0 Å². The minimum atomic E-state index is -1.20. The first-order chi connectivity index (χ1) is 9.52. The fourth-order valence-corrected chi connectivity index (χ4v) is 2.87. The number of fused-ring (bicyclic) bond motifs is 1. The fraction of sp³-hybridized carbons (Fsp3) is 0.417. The summed E-state index contributed by atoms with van der Waals surface area (Å²) < 4.78 is 7.10. The predicted octanol–water partition coefficient (Wildman–Crippen LogP) is 0.795. The largest absolute Gasteiger partial charge is 0.394 e. The van der Waals surface area contributed by atoms with Crippen molar-refractivity contribution in [3.8, 4) is 0 Å². The summed E-state index contributed by atoms with van der Waals surface area (Å²) in [7, 11) is 0. The van der Waals surface area contributed by atoms with Gasteiger partial charge in [-0.2, -0.15) is 0 Å². The number of rotatable bonds is 2. The van der Waals surface area contributed by atoms with E-state index in [1.807, 2.05) is 0 Å². The summed E-state index contributed by atoms with van der Waals surface area (Å²) in [6.45, 7) is -0.396. The third kappa shape index (κ3) is 2.09. The van der Waals surface area contributed by atoms with Gasteiger partial charge in [-0.15, -0.1) is 0 Å². The van der Waals surface area contributed by atoms with Crippen LogP contribution in [-0.2, 0) is 4.74 Å². The monoisotopic (exact) mass is 318 g/mol. The second kappa shape index (κ2) is 5.14. The second-order valence-corrected chi connectivity index (χ2v) is 5.41. The molecule has 1 saturated heterocycles. The molecule has 0 bridgehead atoms. The topological polar surface area (TPSA) is 87.2 Å². The molecule has 0 amide bonds. The summed E-state index contributed by atoms with van der Waals surface area (Å²) in [4.78, 5) is 4.09. The highest BCUT2D eigenvalue weighted by Crippen LogP contribution is 2.37. The van der Waals surface area contributed by atoms with E-state index in [4.69, 9.17) is 33.0 Å². The standard InChI is InChI=1S/C12H12Cl2N2O4/c13-5-1-2-8-15-7(14)3-16(8)9(5)12-11(19)10(18)6(4-17)20-12/h1-3,6,10-12,17-19H,4H2/t6-,10-,11-,12-/m1/s1. The Balaban J connectivity index is 2.12. The highest BCUT2D eigenvalue weighted by atomic mass is 35.5. The number of aromatic nitrogens is 2. The van der Waals surface area contributed by atoms with E-state index in [-0.39, 0.29) is 5.15 Å². The molecule has 6 nitrogen and oxygen atoms in total. The molecule has 3 rings (SSSR count). The number of imidazole rings is 1. The lowest BCUT2D eigenvalue weighted by Gasteiger charge is -2.18. The number of halogens is 2. The molecule has 1 aliphatic heterocycles. The SMILES string of the molecule is OC[C@H]1O[C@H](c2c(Cl)ccc3nc(Cl)cn23)[C@H](O)[C@@H]1O. The van der Waals surface area contributed by atoms with Gasteiger partial charge in [-0.3, -0.25) is 4.40 Å². The summed E-state index contributed by atoms with van der Waals surface area (Å²) in [5.41, 5.74) is 0.984. The zero-order valence-electron chi connectivity index (χ0n) is 10.1. The van der Waals surface area contributed by atoms with Crippen LogP contribution >= 0.6 is 23.2 Å². The highest BCUT2D eigenvalue weighted by Gasteiger charge is 2.44. The molecule has 0 aromatic carbocycles. The van der Waals surface area contributed by atoms with E-state index >= 15 is 0 Å². The Labute approximate surface area is 124 Å². The van der Waals surface area contributed by atoms with Gasteiger partial charge in [-0.25, -0.2) is 4.98 Å². The Morgan fingerprint density at radius 2 is 2.00 bits per heavy atom. The Bertz CT molecular complexity index is 648. The highest BCUT2D eigenvalue weighted by molar-refractivity contribution is 6.31. The zero-order valence-corrected chi connectivity index (χ0v) is 11.7. The maximum Gasteiger partial charge on any atom is 0.148 e. The van der Waals surface area contributed by atoms with Crippen molar-refractivity contribution in [3.05, 3.63) is 34.2 Å². The normalized spacial score (nSPS) is 30.2. The molecule has 0 unspecified atom stereocenters. The van der Waals surface area contributed by atoms with Gasteiger partial charge in [-0.05, 0) is 12.1 Å². The Kier molecular flexibility index (Phi) is 3.62. The molecule has 20 heavy (non-hydrogen) atoms. The third-order valence-corrected chi connectivity index (χ3v) is 3.90. The molecule has 0 radical (unpaired) electrons. The zero-order chi connectivity index (χ0) is 14.4. The number of hydrogen-bond donors (Lipinski definition) is 3. The van der Waals surface area contributed by atoms with Crippen molar-refractivity contribution in [2.24, 2.45) is 0 Å². The van der Waals surface area contributed by atoms with Gasteiger partial charge in [0.15, 0.2) is 0 Å². The van der Waals surface area contributed by atoms with Gasteiger partial charge in [0.05, 0.1) is 17.3 Å². The molecule has 4 atom stereocenters. The number of pyridine rings is 1. The van der Waals surface area contributed by atoms with Crippen LogP contribution in [0.25, 0.3) is 5.65 Å². The molecule has 1 aliphatic rings. The van der Waals surface area contributed by atoms with Gasteiger partial charge in [0.25, 0.3) is 0 Å². The molecule has 2 aromatic heterocycles. The van der Waals surface area contributed by atoms with Crippen molar-refractivity contribution in [2.75, 3.05) is 6.61 Å². The summed E-state index contributed by atoms with van der Waals surface area (Å²) in [5.74, 6) is 0. The maximum atomic E-state index is 10.1. The minimum absolute atomic E-state index is 0.278. The number of ether oxygens (including phenoxy) is 1. The molecular weight excluding hydrogens is 307 g/mol. The fourth-order valence-electron chi connectivity index (χ4n) is 2.42. The van der Waals surface area contributed by atoms with Crippen LogP contribution in [-0.4, -0.2) is 49.6 Å². The van der Waals surface area contributed by atoms with Crippen LogP contribution in [0.3, 0.4) is 0 Å². The van der Waals surface area contributed by atoms with Crippen molar-refractivity contribution in [1.82, 2.24) is 9.38 Å². The van der Waals surface area contributed by atoms with Crippen molar-refractivity contribution < 1.29 is 20.1 Å². The van der Waals surface area contributed by atoms with Crippen LogP contribution in [0.4, 0.5) is 0 Å². The molecule has 0 saturated carbocycles. The second-order valence-electron chi connectivity index (χ2n) is 4.62. The maximum absolute atomic E-state index is 10.1. The van der Waals surface area contributed by atoms with Crippen molar-refractivity contribution in [1.29, 1.82) is 0 Å². The lowest BCUT2D eigenvalue weighted by atomic mass is 10.1. The Hall–Kier alpha value is -0.890. The molecule has 3 N–H and O–H groups in total. The quantitative estimate of drug-likeness (QED) is 0.762. The van der Waals surface area contributed by atoms with Gasteiger partial charge in [0, 0.05) is 6.20 Å². The lowest BCUT2D eigenvalue weighted by molar-refractivity contribution is -0.0242. The molecule has 1 fully saturated rings. The Morgan fingerprint density at radius 1 is 1.25 bits per heavy atom. The van der Waals surface area contributed by atoms with Gasteiger partial charge < -0.3 is 20.1 Å². The summed E-state index contributed by atoms with van der Waals surface area (Å²) in [6, 6.07) is 3.29. The molecule has 108 valence electrons. The van der Waals surface area contributed by atoms with E-state index < -0.39 is 31.0 Å². The van der Waals surface area contributed by atoms with Crippen molar-refractivity contribution >= 4 is 28.8 Å². The van der Waals surface area contributed by atoms with Crippen LogP contribution in [0, 0.1) is 0 Å². The number of aliphatic hydroxyl groups is 3. The van der Waals surface area contributed by atoms with Gasteiger partial charge in [-0.1, -0.05) is 23.2 Å². The molecule has 0 aliphatic carbocycles. The third-order valence-electron chi connectivity index (χ3n) is 3.40. The summed E-state index contributed by atoms with van der Waals surface area (Å²) in [5, 5.41) is 29.7. The van der Waals surface area contributed by atoms with Gasteiger partial charge in [0.1, 0.15) is 35.2 Å². The van der Waals surface area contributed by atoms with Gasteiger partial charge >= 0.3 is 0 Å². The molecule has 0 spiro atoms. The number of aliphatic hydroxyl groups excluding tert-OH is 3. The predicted molar refractivity (Wildman–Crippen MR) is 71.9 cm³/mol. The van der Waals surface area contributed by atoms with Crippen LogP contribution in [0.5, 0.6) is 0 Å². The molecule has 8 heteroatoms. The Morgan fingerprint density at radius 3 is 2.65 bits per heavy atom. The molecular formula is C12H12Cl2N2O4. The lowest BCUT2D eigenvalue weighted by Crippen LogP contribution is -2.32. The van der Waals surface area contributed by atoms with E-state index in [2.05, 4.69) is 4.98 Å². The van der Waals surface area contributed by atoms with Crippen LogP contribution in [0.1, 0.15) is 11.8 Å². The molecule has 2 aromatic rings. The average molecular weight is 319 g/mol. The average Bonchev–Trinajstić information content (AvgIpc) is 2.92.